The number of piperidine rings is 1. The van der Waals surface area contributed by atoms with Crippen LogP contribution in [0.15, 0.2) is 18.2 Å². The van der Waals surface area contributed by atoms with Crippen molar-refractivity contribution >= 4 is 17.8 Å². The standard InChI is InChI=1S/C19H23FN2O4/c1-12-3-4-14(9-15(12)20)17(24)21-7-5-19(6-8-21)10-16(18(25)26)22(11-19)13(2)23/h3-4,9,16H,5-8,10-11H2,1-2H3,(H,25,26). The third-order valence-electron chi connectivity index (χ3n) is 5.73. The molecular formula is C19H23FN2O4. The molecule has 0 saturated carbocycles. The number of rotatable bonds is 2. The van der Waals surface area contributed by atoms with Gasteiger partial charge in [0.2, 0.25) is 5.91 Å². The fourth-order valence-corrected chi connectivity index (χ4v) is 4.06. The lowest BCUT2D eigenvalue weighted by atomic mass is 9.76. The van der Waals surface area contributed by atoms with Crippen LogP contribution in [0.5, 0.6) is 0 Å². The smallest absolute Gasteiger partial charge is 0.326 e. The molecule has 2 amide bonds. The van der Waals surface area contributed by atoms with E-state index in [9.17, 15) is 23.9 Å². The number of nitrogens with zero attached hydrogens (tertiary/aromatic N) is 2. The summed E-state index contributed by atoms with van der Waals surface area (Å²) in [7, 11) is 0. The van der Waals surface area contributed by atoms with Gasteiger partial charge >= 0.3 is 5.97 Å². The minimum Gasteiger partial charge on any atom is -0.480 e. The van der Waals surface area contributed by atoms with Crippen LogP contribution < -0.4 is 0 Å². The Bertz CT molecular complexity index is 732. The highest BCUT2D eigenvalue weighted by Crippen LogP contribution is 2.43. The Hall–Kier alpha value is -2.44. The second-order valence-electron chi connectivity index (χ2n) is 7.46. The fourth-order valence-electron chi connectivity index (χ4n) is 4.06. The summed E-state index contributed by atoms with van der Waals surface area (Å²) in [6.07, 6.45) is 1.70. The van der Waals surface area contributed by atoms with Crippen molar-refractivity contribution in [1.82, 2.24) is 9.80 Å². The number of carbonyl (C=O) groups excluding carboxylic acids is 2. The lowest BCUT2D eigenvalue weighted by molar-refractivity contribution is -0.147. The van der Waals surface area contributed by atoms with E-state index in [2.05, 4.69) is 0 Å². The second kappa shape index (κ2) is 6.70. The molecule has 1 N–H and O–H groups in total. The number of halogens is 1. The molecule has 1 spiro atoms. The average Bonchev–Trinajstić information content (AvgIpc) is 2.97. The largest absolute Gasteiger partial charge is 0.480 e. The molecule has 7 heteroatoms. The van der Waals surface area contributed by atoms with Crippen LogP contribution in [0.3, 0.4) is 0 Å². The van der Waals surface area contributed by atoms with Crippen LogP contribution in [0.25, 0.3) is 0 Å². The fraction of sp³-hybridized carbons (Fsp3) is 0.526. The van der Waals surface area contributed by atoms with Gasteiger partial charge in [-0.05, 0) is 49.3 Å². The van der Waals surface area contributed by atoms with E-state index in [-0.39, 0.29) is 17.2 Å². The molecule has 2 aliphatic heterocycles. The highest BCUT2D eigenvalue weighted by molar-refractivity contribution is 5.94. The molecule has 2 heterocycles. The molecule has 3 rings (SSSR count). The summed E-state index contributed by atoms with van der Waals surface area (Å²) in [6, 6.07) is 3.68. The quantitative estimate of drug-likeness (QED) is 0.874. The number of carboxylic acids is 1. The predicted octanol–water partition coefficient (Wildman–Crippen LogP) is 2.06. The van der Waals surface area contributed by atoms with Crippen molar-refractivity contribution in [2.75, 3.05) is 19.6 Å². The molecule has 6 nitrogen and oxygen atoms in total. The first-order chi connectivity index (χ1) is 12.2. The third-order valence-corrected chi connectivity index (χ3v) is 5.73. The molecule has 2 fully saturated rings. The lowest BCUT2D eigenvalue weighted by Gasteiger charge is -2.39. The Kier molecular flexibility index (Phi) is 4.73. The molecule has 0 bridgehead atoms. The van der Waals surface area contributed by atoms with Crippen LogP contribution >= 0.6 is 0 Å². The van der Waals surface area contributed by atoms with E-state index >= 15 is 0 Å². The molecule has 1 unspecified atom stereocenters. The second-order valence-corrected chi connectivity index (χ2v) is 7.46. The summed E-state index contributed by atoms with van der Waals surface area (Å²) in [6.45, 7) is 4.41. The summed E-state index contributed by atoms with van der Waals surface area (Å²) in [5.41, 5.74) is 0.558. The van der Waals surface area contributed by atoms with E-state index < -0.39 is 17.8 Å². The molecule has 0 aliphatic carbocycles. The Morgan fingerprint density at radius 1 is 1.23 bits per heavy atom. The maximum atomic E-state index is 13.7. The number of amides is 2. The number of aliphatic carboxylic acids is 1. The van der Waals surface area contributed by atoms with Crippen molar-refractivity contribution in [2.45, 2.75) is 39.2 Å². The minimum absolute atomic E-state index is 0.213. The summed E-state index contributed by atoms with van der Waals surface area (Å²) in [5.74, 6) is -1.83. The van der Waals surface area contributed by atoms with Gasteiger partial charge in [-0.25, -0.2) is 9.18 Å². The van der Waals surface area contributed by atoms with Gasteiger partial charge in [-0.15, -0.1) is 0 Å². The Morgan fingerprint density at radius 2 is 1.88 bits per heavy atom. The van der Waals surface area contributed by atoms with Gasteiger partial charge in [0.1, 0.15) is 11.9 Å². The van der Waals surface area contributed by atoms with E-state index in [4.69, 9.17) is 0 Å². The highest BCUT2D eigenvalue weighted by atomic mass is 19.1. The van der Waals surface area contributed by atoms with Crippen molar-refractivity contribution in [3.63, 3.8) is 0 Å². The van der Waals surface area contributed by atoms with Gasteiger partial charge in [0, 0.05) is 32.1 Å². The first-order valence-electron chi connectivity index (χ1n) is 8.78. The topological polar surface area (TPSA) is 77.9 Å². The Labute approximate surface area is 151 Å². The zero-order valence-electron chi connectivity index (χ0n) is 15.0. The number of benzene rings is 1. The zero-order valence-corrected chi connectivity index (χ0v) is 15.0. The van der Waals surface area contributed by atoms with Gasteiger partial charge in [0.15, 0.2) is 0 Å². The number of aryl methyl sites for hydroxylation is 1. The number of carbonyl (C=O) groups is 3. The molecular weight excluding hydrogens is 339 g/mol. The summed E-state index contributed by atoms with van der Waals surface area (Å²) in [4.78, 5) is 39.0. The predicted molar refractivity (Wildman–Crippen MR) is 92.1 cm³/mol. The van der Waals surface area contributed by atoms with Crippen molar-refractivity contribution in [1.29, 1.82) is 0 Å². The van der Waals surface area contributed by atoms with Crippen LogP contribution in [-0.2, 0) is 9.59 Å². The van der Waals surface area contributed by atoms with Crippen molar-refractivity contribution in [3.8, 4) is 0 Å². The monoisotopic (exact) mass is 362 g/mol. The summed E-state index contributed by atoms with van der Waals surface area (Å²) < 4.78 is 13.7. The van der Waals surface area contributed by atoms with Gasteiger partial charge in [-0.1, -0.05) is 6.07 Å². The lowest BCUT2D eigenvalue weighted by Crippen LogP contribution is -2.44. The number of hydrogen-bond acceptors (Lipinski definition) is 3. The Balaban J connectivity index is 1.69. The molecule has 2 aliphatic rings. The normalized spacial score (nSPS) is 21.9. The van der Waals surface area contributed by atoms with Crippen LogP contribution in [0.2, 0.25) is 0 Å². The number of hydrogen-bond donors (Lipinski definition) is 1. The maximum Gasteiger partial charge on any atom is 0.326 e. The molecule has 2 saturated heterocycles. The maximum absolute atomic E-state index is 13.7. The van der Waals surface area contributed by atoms with E-state index in [0.717, 1.165) is 0 Å². The van der Waals surface area contributed by atoms with E-state index in [1.165, 1.54) is 17.9 Å². The third kappa shape index (κ3) is 3.30. The first kappa shape index (κ1) is 18.4. The Morgan fingerprint density at radius 3 is 2.38 bits per heavy atom. The average molecular weight is 362 g/mol. The minimum atomic E-state index is -0.981. The molecule has 0 radical (unpaired) electrons. The highest BCUT2D eigenvalue weighted by Gasteiger charge is 2.49. The van der Waals surface area contributed by atoms with Gasteiger partial charge in [0.25, 0.3) is 5.91 Å². The van der Waals surface area contributed by atoms with Crippen LogP contribution in [0, 0.1) is 18.2 Å². The number of likely N-dealkylation sites (tertiary alicyclic amines) is 2. The van der Waals surface area contributed by atoms with Crippen molar-refractivity contribution in [2.24, 2.45) is 5.41 Å². The summed E-state index contributed by atoms with van der Waals surface area (Å²) in [5, 5.41) is 9.39. The number of carboxylic acid groups (broad SMARTS) is 1. The molecule has 1 atom stereocenters. The van der Waals surface area contributed by atoms with E-state index in [1.807, 2.05) is 0 Å². The summed E-state index contributed by atoms with van der Waals surface area (Å²) >= 11 is 0. The van der Waals surface area contributed by atoms with Gasteiger partial charge < -0.3 is 14.9 Å². The molecule has 1 aromatic carbocycles. The van der Waals surface area contributed by atoms with Crippen LogP contribution in [0.4, 0.5) is 4.39 Å². The van der Waals surface area contributed by atoms with Crippen molar-refractivity contribution < 1.29 is 23.9 Å². The van der Waals surface area contributed by atoms with Crippen molar-refractivity contribution in [3.05, 3.63) is 35.1 Å². The van der Waals surface area contributed by atoms with Crippen LogP contribution in [0.1, 0.15) is 42.1 Å². The van der Waals surface area contributed by atoms with Gasteiger partial charge in [-0.3, -0.25) is 9.59 Å². The zero-order chi connectivity index (χ0) is 19.1. The molecule has 26 heavy (non-hydrogen) atoms. The van der Waals surface area contributed by atoms with E-state index in [1.54, 1.807) is 24.0 Å². The van der Waals surface area contributed by atoms with E-state index in [0.29, 0.717) is 50.0 Å². The molecule has 1 aromatic rings. The van der Waals surface area contributed by atoms with Gasteiger partial charge in [-0.2, -0.15) is 0 Å². The molecule has 140 valence electrons. The SMILES string of the molecule is CC(=O)N1CC2(CCN(C(=O)c3ccc(C)c(F)c3)CC2)CC1C(=O)O. The van der Waals surface area contributed by atoms with Crippen LogP contribution in [-0.4, -0.2) is 58.4 Å². The molecule has 0 aromatic heterocycles. The first-order valence-corrected chi connectivity index (χ1v) is 8.78. The van der Waals surface area contributed by atoms with Gasteiger partial charge in [0.05, 0.1) is 0 Å².